The summed E-state index contributed by atoms with van der Waals surface area (Å²) < 4.78 is 10.0. The van der Waals surface area contributed by atoms with E-state index in [1.807, 2.05) is 0 Å². The lowest BCUT2D eigenvalue weighted by Gasteiger charge is -2.22. The van der Waals surface area contributed by atoms with E-state index in [9.17, 15) is 9.59 Å². The van der Waals surface area contributed by atoms with Crippen LogP contribution in [0.2, 0.25) is 10.0 Å². The summed E-state index contributed by atoms with van der Waals surface area (Å²) in [7, 11) is 0. The second kappa shape index (κ2) is 7.73. The van der Waals surface area contributed by atoms with Crippen LogP contribution >= 0.6 is 23.2 Å². The Hall–Kier alpha value is -1.97. The minimum Gasteiger partial charge on any atom is -0.480 e. The molecule has 1 amide bonds. The minimum absolute atomic E-state index is 0.150. The first-order chi connectivity index (χ1) is 11.3. The van der Waals surface area contributed by atoms with Crippen LogP contribution in [0.25, 0.3) is 0 Å². The Morgan fingerprint density at radius 2 is 2.08 bits per heavy atom. The highest BCUT2D eigenvalue weighted by Gasteiger charge is 2.43. The molecule has 0 unspecified atom stereocenters. The highest BCUT2D eigenvalue weighted by atomic mass is 35.5. The van der Waals surface area contributed by atoms with E-state index in [-0.39, 0.29) is 16.7 Å². The molecule has 1 saturated carbocycles. The lowest BCUT2D eigenvalue weighted by molar-refractivity contribution is -0.150. The van der Waals surface area contributed by atoms with Crippen molar-refractivity contribution in [2.24, 2.45) is 5.92 Å². The van der Waals surface area contributed by atoms with Crippen molar-refractivity contribution < 1.29 is 19.1 Å². The van der Waals surface area contributed by atoms with Gasteiger partial charge in [0.05, 0.1) is 11.1 Å². The Balaban J connectivity index is 1.74. The summed E-state index contributed by atoms with van der Waals surface area (Å²) >= 11 is 11.7. The lowest BCUT2D eigenvalue weighted by Crippen LogP contribution is -2.48. The van der Waals surface area contributed by atoms with Crippen molar-refractivity contribution in [2.45, 2.75) is 25.3 Å². The number of nitriles is 1. The first-order valence-electron chi connectivity index (χ1n) is 7.30. The van der Waals surface area contributed by atoms with Crippen LogP contribution in [-0.4, -0.2) is 30.6 Å². The van der Waals surface area contributed by atoms with E-state index in [1.165, 1.54) is 12.1 Å². The SMILES string of the molecule is C[C@](C#N)(NC(=O)COC(=O)COc1ccc(Cl)cc1Cl)C1CC1. The van der Waals surface area contributed by atoms with E-state index in [2.05, 4.69) is 11.4 Å². The molecule has 0 heterocycles. The number of carbonyl (C=O) groups is 2. The normalized spacial score (nSPS) is 15.8. The summed E-state index contributed by atoms with van der Waals surface area (Å²) in [6.07, 6.45) is 1.81. The predicted octanol–water partition coefficient (Wildman–Crippen LogP) is 2.72. The Morgan fingerprint density at radius 1 is 1.38 bits per heavy atom. The number of rotatable bonds is 7. The molecule has 128 valence electrons. The lowest BCUT2D eigenvalue weighted by atomic mass is 9.98. The van der Waals surface area contributed by atoms with Crippen LogP contribution in [-0.2, 0) is 14.3 Å². The molecular formula is C16H16Cl2N2O4. The van der Waals surface area contributed by atoms with Gasteiger partial charge in [0.15, 0.2) is 13.2 Å². The van der Waals surface area contributed by atoms with Crippen LogP contribution < -0.4 is 10.1 Å². The zero-order chi connectivity index (χ0) is 17.7. The van der Waals surface area contributed by atoms with Crippen LogP contribution in [0.1, 0.15) is 19.8 Å². The fourth-order valence-corrected chi connectivity index (χ4v) is 2.59. The van der Waals surface area contributed by atoms with Crippen molar-refractivity contribution in [1.29, 1.82) is 5.26 Å². The first-order valence-corrected chi connectivity index (χ1v) is 8.05. The average molecular weight is 371 g/mol. The van der Waals surface area contributed by atoms with Crippen molar-refractivity contribution in [3.8, 4) is 11.8 Å². The molecule has 0 radical (unpaired) electrons. The van der Waals surface area contributed by atoms with Crippen molar-refractivity contribution >= 4 is 35.1 Å². The zero-order valence-electron chi connectivity index (χ0n) is 13.0. The fourth-order valence-electron chi connectivity index (χ4n) is 2.12. The number of nitrogens with one attached hydrogen (secondary N) is 1. The van der Waals surface area contributed by atoms with Gasteiger partial charge in [0.1, 0.15) is 11.3 Å². The van der Waals surface area contributed by atoms with Crippen LogP contribution in [0.5, 0.6) is 5.75 Å². The first kappa shape index (κ1) is 18.4. The van der Waals surface area contributed by atoms with Gasteiger partial charge in [-0.15, -0.1) is 0 Å². The predicted molar refractivity (Wildman–Crippen MR) is 87.8 cm³/mol. The van der Waals surface area contributed by atoms with Gasteiger partial charge in [0, 0.05) is 5.02 Å². The summed E-state index contributed by atoms with van der Waals surface area (Å²) in [6, 6.07) is 6.68. The van der Waals surface area contributed by atoms with E-state index in [1.54, 1.807) is 13.0 Å². The standard InChI is InChI=1S/C16H16Cl2N2O4/c1-16(9-19,10-2-3-10)20-14(21)7-24-15(22)8-23-13-5-4-11(17)6-12(13)18/h4-6,10H,2-3,7-8H2,1H3,(H,20,21)/t16-/m1/s1. The largest absolute Gasteiger partial charge is 0.480 e. The van der Waals surface area contributed by atoms with Crippen LogP contribution in [0, 0.1) is 17.2 Å². The number of hydrogen-bond acceptors (Lipinski definition) is 5. The van der Waals surface area contributed by atoms with Gasteiger partial charge in [-0.05, 0) is 43.9 Å². The molecule has 8 heteroatoms. The number of nitrogens with zero attached hydrogens (tertiary/aromatic N) is 1. The summed E-state index contributed by atoms with van der Waals surface area (Å²) in [5.74, 6) is -0.809. The van der Waals surface area contributed by atoms with Gasteiger partial charge in [-0.1, -0.05) is 23.2 Å². The quantitative estimate of drug-likeness (QED) is 0.745. The molecule has 1 aliphatic carbocycles. The van der Waals surface area contributed by atoms with E-state index < -0.39 is 30.6 Å². The fraction of sp³-hybridized carbons (Fsp3) is 0.438. The highest BCUT2D eigenvalue weighted by Crippen LogP contribution is 2.39. The van der Waals surface area contributed by atoms with Crippen LogP contribution in [0.4, 0.5) is 0 Å². The smallest absolute Gasteiger partial charge is 0.344 e. The molecule has 0 saturated heterocycles. The monoisotopic (exact) mass is 370 g/mol. The summed E-state index contributed by atoms with van der Waals surface area (Å²) in [4.78, 5) is 23.4. The Bertz CT molecular complexity index is 685. The second-order valence-corrected chi connectivity index (χ2v) is 6.50. The number of esters is 1. The molecule has 0 bridgehead atoms. The van der Waals surface area contributed by atoms with Crippen LogP contribution in [0.3, 0.4) is 0 Å². The van der Waals surface area contributed by atoms with Gasteiger partial charge in [-0.3, -0.25) is 4.79 Å². The van der Waals surface area contributed by atoms with E-state index in [0.717, 1.165) is 12.8 Å². The molecule has 2 rings (SSSR count). The summed E-state index contributed by atoms with van der Waals surface area (Å²) in [5.41, 5.74) is -0.920. The van der Waals surface area contributed by atoms with Gasteiger partial charge >= 0.3 is 5.97 Å². The van der Waals surface area contributed by atoms with Crippen molar-refractivity contribution in [1.82, 2.24) is 5.32 Å². The van der Waals surface area contributed by atoms with Gasteiger partial charge < -0.3 is 14.8 Å². The third-order valence-electron chi connectivity index (χ3n) is 3.63. The maximum atomic E-state index is 11.8. The zero-order valence-corrected chi connectivity index (χ0v) is 14.5. The van der Waals surface area contributed by atoms with Gasteiger partial charge in [0.2, 0.25) is 0 Å². The Morgan fingerprint density at radius 3 is 2.67 bits per heavy atom. The molecule has 1 N–H and O–H groups in total. The summed E-state index contributed by atoms with van der Waals surface area (Å²) in [5, 5.41) is 12.5. The molecule has 0 aliphatic heterocycles. The molecule has 1 aliphatic rings. The minimum atomic E-state index is -0.920. The van der Waals surface area contributed by atoms with Crippen molar-refractivity contribution in [3.05, 3.63) is 28.2 Å². The third kappa shape index (κ3) is 5.02. The number of carbonyl (C=O) groups excluding carboxylic acids is 2. The van der Waals surface area contributed by atoms with E-state index in [0.29, 0.717) is 5.02 Å². The van der Waals surface area contributed by atoms with Gasteiger partial charge in [-0.2, -0.15) is 5.26 Å². The molecule has 1 aromatic rings. The number of benzene rings is 1. The molecule has 1 aromatic carbocycles. The number of ether oxygens (including phenoxy) is 2. The maximum Gasteiger partial charge on any atom is 0.344 e. The summed E-state index contributed by atoms with van der Waals surface area (Å²) in [6.45, 7) is 0.795. The Labute approximate surface area is 149 Å². The molecule has 0 spiro atoms. The van der Waals surface area contributed by atoms with Gasteiger partial charge in [-0.25, -0.2) is 4.79 Å². The number of halogens is 2. The van der Waals surface area contributed by atoms with E-state index in [4.69, 9.17) is 37.9 Å². The van der Waals surface area contributed by atoms with Crippen LogP contribution in [0.15, 0.2) is 18.2 Å². The van der Waals surface area contributed by atoms with E-state index >= 15 is 0 Å². The second-order valence-electron chi connectivity index (χ2n) is 5.66. The highest BCUT2D eigenvalue weighted by molar-refractivity contribution is 6.35. The molecule has 1 fully saturated rings. The third-order valence-corrected chi connectivity index (χ3v) is 4.16. The molecular weight excluding hydrogens is 355 g/mol. The molecule has 24 heavy (non-hydrogen) atoms. The van der Waals surface area contributed by atoms with Gasteiger partial charge in [0.25, 0.3) is 5.91 Å². The topological polar surface area (TPSA) is 88.4 Å². The molecule has 1 atom stereocenters. The number of amides is 1. The number of hydrogen-bond donors (Lipinski definition) is 1. The van der Waals surface area contributed by atoms with Crippen molar-refractivity contribution in [2.75, 3.05) is 13.2 Å². The average Bonchev–Trinajstić information content (AvgIpc) is 3.37. The molecule has 6 nitrogen and oxygen atoms in total. The Kier molecular flexibility index (Phi) is 5.92. The van der Waals surface area contributed by atoms with Crippen molar-refractivity contribution in [3.63, 3.8) is 0 Å². The maximum absolute atomic E-state index is 11.8. The molecule has 0 aromatic heterocycles.